The lowest BCUT2D eigenvalue weighted by Crippen LogP contribution is -2.16. The predicted molar refractivity (Wildman–Crippen MR) is 93.5 cm³/mol. The lowest BCUT2D eigenvalue weighted by atomic mass is 9.90. The van der Waals surface area contributed by atoms with Crippen LogP contribution in [0.15, 0.2) is 42.7 Å². The molecule has 2 aliphatic rings. The molecule has 1 unspecified atom stereocenters. The van der Waals surface area contributed by atoms with Crippen molar-refractivity contribution in [3.05, 3.63) is 64.7 Å². The van der Waals surface area contributed by atoms with E-state index in [0.717, 1.165) is 34.1 Å². The molecule has 1 aromatic heterocycles. The van der Waals surface area contributed by atoms with Crippen LogP contribution in [0.1, 0.15) is 22.9 Å². The number of aromatic nitrogens is 2. The van der Waals surface area contributed by atoms with Crippen molar-refractivity contribution in [2.75, 3.05) is 20.3 Å². The second kappa shape index (κ2) is 5.43. The quantitative estimate of drug-likeness (QED) is 0.549. The largest absolute Gasteiger partial charge is 0.496 e. The number of imidazole rings is 1. The molecule has 0 amide bonds. The Morgan fingerprint density at radius 2 is 2.00 bits per heavy atom. The van der Waals surface area contributed by atoms with Crippen LogP contribution in [0, 0.1) is 0 Å². The zero-order valence-electron chi connectivity index (χ0n) is 13.5. The van der Waals surface area contributed by atoms with E-state index in [2.05, 4.69) is 15.6 Å². The third-order valence-corrected chi connectivity index (χ3v) is 5.04. The molecule has 25 heavy (non-hydrogen) atoms. The van der Waals surface area contributed by atoms with Crippen LogP contribution in [-0.2, 0) is 0 Å². The molecule has 5 nitrogen and oxygen atoms in total. The molecule has 5 rings (SSSR count). The van der Waals surface area contributed by atoms with Crippen molar-refractivity contribution in [2.45, 2.75) is 5.92 Å². The van der Waals surface area contributed by atoms with E-state index in [-0.39, 0.29) is 5.92 Å². The summed E-state index contributed by atoms with van der Waals surface area (Å²) in [6.45, 7) is 1.08. The summed E-state index contributed by atoms with van der Waals surface area (Å²) in [6.07, 6.45) is 3.76. The van der Waals surface area contributed by atoms with Gasteiger partial charge in [0.25, 0.3) is 0 Å². The monoisotopic (exact) mass is 354 g/mol. The van der Waals surface area contributed by atoms with E-state index in [1.807, 2.05) is 30.5 Å². The smallest absolute Gasteiger partial charge is 0.165 e. The number of halogens is 1. The second-order valence-corrected chi connectivity index (χ2v) is 6.41. The first-order valence-electron chi connectivity index (χ1n) is 8.07. The summed E-state index contributed by atoms with van der Waals surface area (Å²) in [6, 6.07) is 9.77. The third-order valence-electron chi connectivity index (χ3n) is 4.71. The highest BCUT2D eigenvalue weighted by molar-refractivity contribution is 6.31. The summed E-state index contributed by atoms with van der Waals surface area (Å²) in [4.78, 5) is 4.57. The molecule has 3 aromatic rings. The van der Waals surface area contributed by atoms with Gasteiger partial charge < -0.3 is 18.8 Å². The topological polar surface area (TPSA) is 45.5 Å². The summed E-state index contributed by atoms with van der Waals surface area (Å²) in [5.74, 6) is 2.95. The van der Waals surface area contributed by atoms with Crippen LogP contribution in [0.3, 0.4) is 0 Å². The standard InChI is InChI=1S/C19H15ClN2O3/c1-23-14-10-16-15(24-7-8-25-16)9-11(14)17-18-12(20)3-2-4-13(18)22-6-5-21-19(17)22/h2-6,9-10,17H,7-8H2,1H3. The second-order valence-electron chi connectivity index (χ2n) is 6.00. The van der Waals surface area contributed by atoms with Gasteiger partial charge in [-0.15, -0.1) is 0 Å². The van der Waals surface area contributed by atoms with Gasteiger partial charge in [-0.05, 0) is 18.2 Å². The molecular formula is C19H15ClN2O3. The number of hydrogen-bond acceptors (Lipinski definition) is 4. The number of methoxy groups -OCH3 is 1. The zero-order valence-corrected chi connectivity index (χ0v) is 14.3. The van der Waals surface area contributed by atoms with E-state index in [4.69, 9.17) is 25.8 Å². The highest BCUT2D eigenvalue weighted by Crippen LogP contribution is 2.49. The van der Waals surface area contributed by atoms with Crippen molar-refractivity contribution in [1.29, 1.82) is 0 Å². The molecule has 0 spiro atoms. The number of benzene rings is 2. The molecule has 0 radical (unpaired) electrons. The first kappa shape index (κ1) is 14.7. The van der Waals surface area contributed by atoms with Gasteiger partial charge in [-0.2, -0.15) is 0 Å². The van der Waals surface area contributed by atoms with Gasteiger partial charge >= 0.3 is 0 Å². The van der Waals surface area contributed by atoms with Crippen molar-refractivity contribution < 1.29 is 14.2 Å². The van der Waals surface area contributed by atoms with E-state index < -0.39 is 0 Å². The average Bonchev–Trinajstić information content (AvgIpc) is 3.22. The van der Waals surface area contributed by atoms with Gasteiger partial charge in [0.15, 0.2) is 11.5 Å². The van der Waals surface area contributed by atoms with Crippen LogP contribution in [0.25, 0.3) is 5.69 Å². The Morgan fingerprint density at radius 1 is 1.20 bits per heavy atom. The summed E-state index contributed by atoms with van der Waals surface area (Å²) in [7, 11) is 1.66. The van der Waals surface area contributed by atoms with Crippen LogP contribution >= 0.6 is 11.6 Å². The minimum absolute atomic E-state index is 0.121. The first-order valence-corrected chi connectivity index (χ1v) is 8.45. The Bertz CT molecular complexity index is 983. The van der Waals surface area contributed by atoms with Crippen LogP contribution in [-0.4, -0.2) is 29.9 Å². The lowest BCUT2D eigenvalue weighted by Gasteiger charge is -2.23. The molecule has 0 aliphatic carbocycles. The molecule has 2 aromatic carbocycles. The predicted octanol–water partition coefficient (Wildman–Crippen LogP) is 3.80. The Labute approximate surface area is 149 Å². The summed E-state index contributed by atoms with van der Waals surface area (Å²) < 4.78 is 19.2. The molecule has 0 fully saturated rings. The SMILES string of the molecule is COc1cc2c(cc1C1c3c(Cl)cccc3-n3ccnc31)OCCO2. The first-order chi connectivity index (χ1) is 12.3. The van der Waals surface area contributed by atoms with Crippen molar-refractivity contribution in [2.24, 2.45) is 0 Å². The van der Waals surface area contributed by atoms with Crippen molar-refractivity contribution in [3.63, 3.8) is 0 Å². The summed E-state index contributed by atoms with van der Waals surface area (Å²) >= 11 is 6.56. The van der Waals surface area contributed by atoms with Gasteiger partial charge in [-0.1, -0.05) is 17.7 Å². The summed E-state index contributed by atoms with van der Waals surface area (Å²) in [5, 5.41) is 0.713. The molecule has 6 heteroatoms. The molecule has 0 N–H and O–H groups in total. The number of nitrogens with zero attached hydrogens (tertiary/aromatic N) is 2. The maximum absolute atomic E-state index is 6.56. The Morgan fingerprint density at radius 3 is 2.80 bits per heavy atom. The summed E-state index contributed by atoms with van der Waals surface area (Å²) in [5.41, 5.74) is 3.04. The normalized spacial score (nSPS) is 17.1. The fraction of sp³-hybridized carbons (Fsp3) is 0.211. The van der Waals surface area contributed by atoms with Crippen molar-refractivity contribution >= 4 is 11.6 Å². The fourth-order valence-corrected chi connectivity index (χ4v) is 3.94. The van der Waals surface area contributed by atoms with E-state index in [0.29, 0.717) is 24.0 Å². The van der Waals surface area contributed by atoms with Crippen molar-refractivity contribution in [1.82, 2.24) is 9.55 Å². The van der Waals surface area contributed by atoms with E-state index >= 15 is 0 Å². The molecule has 126 valence electrons. The molecule has 3 heterocycles. The molecule has 1 atom stereocenters. The van der Waals surface area contributed by atoms with Gasteiger partial charge in [-0.25, -0.2) is 4.98 Å². The van der Waals surface area contributed by atoms with E-state index in [9.17, 15) is 0 Å². The molecule has 0 bridgehead atoms. The molecule has 0 saturated heterocycles. The molecule has 2 aliphatic heterocycles. The highest BCUT2D eigenvalue weighted by atomic mass is 35.5. The Kier molecular flexibility index (Phi) is 3.18. The van der Waals surface area contributed by atoms with Crippen LogP contribution in [0.4, 0.5) is 0 Å². The average molecular weight is 355 g/mol. The van der Waals surface area contributed by atoms with Gasteiger partial charge in [0.2, 0.25) is 0 Å². The number of ether oxygens (including phenoxy) is 3. The van der Waals surface area contributed by atoms with Crippen molar-refractivity contribution in [3.8, 4) is 22.9 Å². The minimum Gasteiger partial charge on any atom is -0.496 e. The van der Waals surface area contributed by atoms with E-state index in [1.165, 1.54) is 0 Å². The van der Waals surface area contributed by atoms with Crippen LogP contribution in [0.5, 0.6) is 17.2 Å². The lowest BCUT2D eigenvalue weighted by molar-refractivity contribution is 0.170. The molecular weight excluding hydrogens is 340 g/mol. The fourth-order valence-electron chi connectivity index (χ4n) is 3.67. The molecule has 0 saturated carbocycles. The third kappa shape index (κ3) is 2.05. The van der Waals surface area contributed by atoms with Gasteiger partial charge in [0.1, 0.15) is 24.8 Å². The van der Waals surface area contributed by atoms with Crippen LogP contribution < -0.4 is 14.2 Å². The van der Waals surface area contributed by atoms with Gasteiger partial charge in [-0.3, -0.25) is 0 Å². The van der Waals surface area contributed by atoms with Crippen LogP contribution in [0.2, 0.25) is 5.02 Å². The minimum atomic E-state index is -0.121. The van der Waals surface area contributed by atoms with Gasteiger partial charge in [0.05, 0.1) is 18.7 Å². The van der Waals surface area contributed by atoms with E-state index in [1.54, 1.807) is 13.3 Å². The Balaban J connectivity index is 1.77. The van der Waals surface area contributed by atoms with Gasteiger partial charge in [0, 0.05) is 34.6 Å². The zero-order chi connectivity index (χ0) is 17.0. The highest BCUT2D eigenvalue weighted by Gasteiger charge is 2.36. The maximum atomic E-state index is 6.56. The maximum Gasteiger partial charge on any atom is 0.165 e. The number of rotatable bonds is 2. The number of fused-ring (bicyclic) bond motifs is 4. The number of hydrogen-bond donors (Lipinski definition) is 0. The Hall–Kier alpha value is -2.66.